The Balaban J connectivity index is 1.96. The number of phenolic OH excluding ortho intramolecular Hbond substituents is 4. The smallest absolute Gasteiger partial charge is 0.201 e. The van der Waals surface area contributed by atoms with E-state index in [0.717, 1.165) is 5.56 Å². The van der Waals surface area contributed by atoms with Gasteiger partial charge >= 0.3 is 0 Å². The highest BCUT2D eigenvalue weighted by Gasteiger charge is 2.52. The van der Waals surface area contributed by atoms with Crippen molar-refractivity contribution in [3.05, 3.63) is 70.8 Å². The van der Waals surface area contributed by atoms with Gasteiger partial charge in [-0.25, -0.2) is 0 Å². The molecule has 0 aromatic heterocycles. The molecule has 0 unspecified atom stereocenters. The standard InChI is InChI=1S/C21H14O6/c22-14-7-5-12-19(17(14)25)27-20-13(6-8-15(23)18(20)26)21(12)9-16(24)10-3-1-2-4-11(10)21/h1-8,22-23,25-26H,9H2. The summed E-state index contributed by atoms with van der Waals surface area (Å²) in [5.74, 6) is -1.92. The van der Waals surface area contributed by atoms with Gasteiger partial charge in [-0.05, 0) is 17.7 Å². The second kappa shape index (κ2) is 4.94. The minimum absolute atomic E-state index is 0.0482. The molecule has 3 aromatic carbocycles. The first-order valence-corrected chi connectivity index (χ1v) is 8.36. The Hall–Kier alpha value is -3.67. The SMILES string of the molecule is O=C1CC2(c3ccccc31)c1ccc(O)c(O)c1Oc1c2ccc(O)c1O. The number of ketones is 1. The van der Waals surface area contributed by atoms with Crippen LogP contribution in [0.3, 0.4) is 0 Å². The van der Waals surface area contributed by atoms with Gasteiger partial charge in [-0.2, -0.15) is 0 Å². The second-order valence-corrected chi connectivity index (χ2v) is 6.77. The number of benzene rings is 3. The number of hydrogen-bond donors (Lipinski definition) is 4. The third-order valence-electron chi connectivity index (χ3n) is 5.46. The van der Waals surface area contributed by atoms with Crippen LogP contribution in [0.4, 0.5) is 0 Å². The molecule has 1 heterocycles. The van der Waals surface area contributed by atoms with Crippen molar-refractivity contribution in [2.24, 2.45) is 0 Å². The first-order chi connectivity index (χ1) is 12.9. The van der Waals surface area contributed by atoms with Crippen LogP contribution in [0, 0.1) is 0 Å². The summed E-state index contributed by atoms with van der Waals surface area (Å²) < 4.78 is 5.71. The van der Waals surface area contributed by atoms with E-state index in [1.54, 1.807) is 24.3 Å². The first-order valence-electron chi connectivity index (χ1n) is 8.36. The zero-order chi connectivity index (χ0) is 18.9. The van der Waals surface area contributed by atoms with Gasteiger partial charge < -0.3 is 25.2 Å². The molecule has 0 bridgehead atoms. The molecule has 1 spiro atoms. The monoisotopic (exact) mass is 362 g/mol. The maximum Gasteiger partial charge on any atom is 0.201 e. The molecule has 0 atom stereocenters. The summed E-state index contributed by atoms with van der Waals surface area (Å²) >= 11 is 0. The number of carbonyl (C=O) groups is 1. The fraction of sp³-hybridized carbons (Fsp3) is 0.0952. The molecule has 0 fully saturated rings. The molecule has 6 nitrogen and oxygen atoms in total. The Morgan fingerprint density at radius 3 is 1.89 bits per heavy atom. The summed E-state index contributed by atoms with van der Waals surface area (Å²) in [6, 6.07) is 13.0. The van der Waals surface area contributed by atoms with Crippen molar-refractivity contribution < 1.29 is 30.0 Å². The molecule has 5 rings (SSSR count). The maximum atomic E-state index is 12.8. The second-order valence-electron chi connectivity index (χ2n) is 6.77. The Morgan fingerprint density at radius 2 is 1.30 bits per heavy atom. The van der Waals surface area contributed by atoms with Crippen molar-refractivity contribution in [2.45, 2.75) is 11.8 Å². The molecule has 4 N–H and O–H groups in total. The van der Waals surface area contributed by atoms with Crippen LogP contribution in [-0.4, -0.2) is 26.2 Å². The number of aromatic hydroxyl groups is 4. The molecule has 0 amide bonds. The quantitative estimate of drug-likeness (QED) is 0.456. The minimum atomic E-state index is -1.01. The summed E-state index contributed by atoms with van der Waals surface area (Å²) in [5, 5.41) is 40.6. The highest BCUT2D eigenvalue weighted by atomic mass is 16.5. The van der Waals surface area contributed by atoms with Gasteiger partial charge in [-0.1, -0.05) is 36.4 Å². The Bertz CT molecular complexity index is 1090. The largest absolute Gasteiger partial charge is 0.504 e. The third kappa shape index (κ3) is 1.76. The fourth-order valence-electron chi connectivity index (χ4n) is 4.26. The fourth-order valence-corrected chi connectivity index (χ4v) is 4.26. The first kappa shape index (κ1) is 15.6. The summed E-state index contributed by atoms with van der Waals surface area (Å²) in [6.45, 7) is 0. The number of ether oxygens (including phenoxy) is 1. The van der Waals surface area contributed by atoms with Gasteiger partial charge in [0, 0.05) is 23.1 Å². The van der Waals surface area contributed by atoms with Crippen LogP contribution < -0.4 is 4.74 Å². The molecular weight excluding hydrogens is 348 g/mol. The van der Waals surface area contributed by atoms with E-state index in [2.05, 4.69) is 0 Å². The van der Waals surface area contributed by atoms with E-state index in [0.29, 0.717) is 16.7 Å². The molecule has 1 aliphatic heterocycles. The Labute approximate surface area is 153 Å². The van der Waals surface area contributed by atoms with Crippen LogP contribution in [0.2, 0.25) is 0 Å². The van der Waals surface area contributed by atoms with Crippen molar-refractivity contribution >= 4 is 5.78 Å². The molecule has 0 saturated carbocycles. The summed E-state index contributed by atoms with van der Waals surface area (Å²) in [4.78, 5) is 12.8. The number of Topliss-reactive ketones (excluding diaryl/α,β-unsaturated/α-hetero) is 1. The lowest BCUT2D eigenvalue weighted by Gasteiger charge is -2.38. The topological polar surface area (TPSA) is 107 Å². The minimum Gasteiger partial charge on any atom is -0.504 e. The van der Waals surface area contributed by atoms with E-state index in [1.807, 2.05) is 12.1 Å². The molecule has 134 valence electrons. The summed E-state index contributed by atoms with van der Waals surface area (Å²) in [5.41, 5.74) is 1.28. The van der Waals surface area contributed by atoms with Gasteiger partial charge in [-0.15, -0.1) is 0 Å². The van der Waals surface area contributed by atoms with Crippen LogP contribution in [0.5, 0.6) is 34.5 Å². The molecule has 6 heteroatoms. The zero-order valence-electron chi connectivity index (χ0n) is 13.9. The number of carbonyl (C=O) groups excluding carboxylic acids is 1. The lowest BCUT2D eigenvalue weighted by Crippen LogP contribution is -2.30. The molecular formula is C21H14O6. The van der Waals surface area contributed by atoms with Gasteiger partial charge in [0.25, 0.3) is 0 Å². The lowest BCUT2D eigenvalue weighted by molar-refractivity contribution is 0.0983. The van der Waals surface area contributed by atoms with Gasteiger partial charge in [0.15, 0.2) is 28.8 Å². The van der Waals surface area contributed by atoms with Gasteiger partial charge in [0.05, 0.1) is 5.41 Å². The van der Waals surface area contributed by atoms with Crippen LogP contribution in [0.15, 0.2) is 48.5 Å². The van der Waals surface area contributed by atoms with E-state index in [1.165, 1.54) is 12.1 Å². The number of phenols is 4. The van der Waals surface area contributed by atoms with Gasteiger partial charge in [0.2, 0.25) is 11.5 Å². The van der Waals surface area contributed by atoms with Crippen molar-refractivity contribution in [2.75, 3.05) is 0 Å². The molecule has 3 aromatic rings. The Morgan fingerprint density at radius 1 is 0.741 bits per heavy atom. The average molecular weight is 362 g/mol. The van der Waals surface area contributed by atoms with Crippen molar-refractivity contribution in [1.82, 2.24) is 0 Å². The summed E-state index contributed by atoms with van der Waals surface area (Å²) in [6.07, 6.45) is 0.0735. The van der Waals surface area contributed by atoms with Crippen molar-refractivity contribution in [3.8, 4) is 34.5 Å². The Kier molecular flexibility index (Phi) is 2.85. The molecule has 0 radical (unpaired) electrons. The van der Waals surface area contributed by atoms with Crippen molar-refractivity contribution in [1.29, 1.82) is 0 Å². The van der Waals surface area contributed by atoms with Gasteiger partial charge in [0.1, 0.15) is 0 Å². The molecule has 1 aliphatic carbocycles. The highest BCUT2D eigenvalue weighted by molar-refractivity contribution is 6.04. The van der Waals surface area contributed by atoms with Gasteiger partial charge in [-0.3, -0.25) is 4.79 Å². The average Bonchev–Trinajstić information content (AvgIpc) is 2.96. The number of rotatable bonds is 0. The maximum absolute atomic E-state index is 12.8. The predicted molar refractivity (Wildman–Crippen MR) is 94.9 cm³/mol. The predicted octanol–water partition coefficient (Wildman–Crippen LogP) is 3.54. The zero-order valence-corrected chi connectivity index (χ0v) is 13.9. The lowest BCUT2D eigenvalue weighted by atomic mass is 9.68. The van der Waals surface area contributed by atoms with E-state index >= 15 is 0 Å². The number of fused-ring (bicyclic) bond motifs is 6. The summed E-state index contributed by atoms with van der Waals surface area (Å²) in [7, 11) is 0. The van der Waals surface area contributed by atoms with Crippen molar-refractivity contribution in [3.63, 3.8) is 0 Å². The van der Waals surface area contributed by atoms with Crippen LogP contribution in [0.1, 0.15) is 33.5 Å². The third-order valence-corrected chi connectivity index (χ3v) is 5.46. The molecule has 27 heavy (non-hydrogen) atoms. The normalized spacial score (nSPS) is 15.8. The molecule has 0 saturated heterocycles. The highest BCUT2D eigenvalue weighted by Crippen LogP contribution is 2.62. The number of hydrogen-bond acceptors (Lipinski definition) is 6. The van der Waals surface area contributed by atoms with Crippen LogP contribution >= 0.6 is 0 Å². The van der Waals surface area contributed by atoms with Crippen LogP contribution in [-0.2, 0) is 5.41 Å². The van der Waals surface area contributed by atoms with Crippen LogP contribution in [0.25, 0.3) is 0 Å². The van der Waals surface area contributed by atoms with E-state index < -0.39 is 16.9 Å². The van der Waals surface area contributed by atoms with E-state index in [-0.39, 0.29) is 35.2 Å². The molecule has 2 aliphatic rings. The van der Waals surface area contributed by atoms with E-state index in [4.69, 9.17) is 4.74 Å². The van der Waals surface area contributed by atoms with E-state index in [9.17, 15) is 25.2 Å².